The molecule has 5 heteroatoms. The van der Waals surface area contributed by atoms with Gasteiger partial charge in [0, 0.05) is 18.1 Å². The summed E-state index contributed by atoms with van der Waals surface area (Å²) in [5.41, 5.74) is 0. The molecule has 0 aliphatic heterocycles. The van der Waals surface area contributed by atoms with Gasteiger partial charge in [-0.05, 0) is 43.0 Å². The van der Waals surface area contributed by atoms with Crippen molar-refractivity contribution in [3.63, 3.8) is 0 Å². The van der Waals surface area contributed by atoms with Crippen molar-refractivity contribution in [1.29, 1.82) is 0 Å². The summed E-state index contributed by atoms with van der Waals surface area (Å²) >= 11 is 5.79. The maximum absolute atomic E-state index is 10.8. The summed E-state index contributed by atoms with van der Waals surface area (Å²) in [4.78, 5) is 12.7. The van der Waals surface area contributed by atoms with E-state index in [0.717, 1.165) is 12.3 Å². The van der Waals surface area contributed by atoms with Crippen LogP contribution in [0, 0.1) is 5.92 Å². The van der Waals surface area contributed by atoms with Crippen molar-refractivity contribution >= 4 is 17.6 Å². The number of rotatable bonds is 8. The number of hydrogen-bond donors (Lipinski definition) is 1. The molecule has 1 saturated carbocycles. The Kier molecular flexibility index (Phi) is 5.05. The Labute approximate surface area is 117 Å². The fourth-order valence-corrected chi connectivity index (χ4v) is 2.04. The van der Waals surface area contributed by atoms with E-state index >= 15 is 0 Å². The van der Waals surface area contributed by atoms with Crippen LogP contribution in [0.2, 0.25) is 5.02 Å². The number of hydrogen-bond acceptors (Lipinski definition) is 3. The zero-order valence-corrected chi connectivity index (χ0v) is 11.5. The van der Waals surface area contributed by atoms with Crippen molar-refractivity contribution < 1.29 is 14.6 Å². The van der Waals surface area contributed by atoms with Gasteiger partial charge in [0.15, 0.2) is 0 Å². The van der Waals surface area contributed by atoms with Crippen LogP contribution in [0.3, 0.4) is 0 Å². The first-order valence-corrected chi connectivity index (χ1v) is 6.84. The van der Waals surface area contributed by atoms with Crippen LogP contribution in [0.4, 0.5) is 0 Å². The molecule has 0 bridgehead atoms. The van der Waals surface area contributed by atoms with Crippen molar-refractivity contribution in [1.82, 2.24) is 4.90 Å². The standard InChI is InChI=1S/C14H18ClNO3/c15-12-3-5-13(6-4-12)19-8-7-16(10-14(17)18)9-11-1-2-11/h3-6,11H,1-2,7-10H2,(H,17,18). The second-order valence-electron chi connectivity index (χ2n) is 4.87. The number of carboxylic acids is 1. The summed E-state index contributed by atoms with van der Waals surface area (Å²) in [5, 5.41) is 9.54. The zero-order chi connectivity index (χ0) is 13.7. The summed E-state index contributed by atoms with van der Waals surface area (Å²) < 4.78 is 5.58. The van der Waals surface area contributed by atoms with Gasteiger partial charge in [-0.15, -0.1) is 0 Å². The van der Waals surface area contributed by atoms with Crippen LogP contribution < -0.4 is 4.74 Å². The van der Waals surface area contributed by atoms with Crippen LogP contribution in [-0.2, 0) is 4.79 Å². The van der Waals surface area contributed by atoms with Crippen molar-refractivity contribution in [2.75, 3.05) is 26.2 Å². The van der Waals surface area contributed by atoms with Crippen molar-refractivity contribution in [3.8, 4) is 5.75 Å². The van der Waals surface area contributed by atoms with Crippen LogP contribution >= 0.6 is 11.6 Å². The lowest BCUT2D eigenvalue weighted by Crippen LogP contribution is -2.35. The second kappa shape index (κ2) is 6.78. The van der Waals surface area contributed by atoms with Gasteiger partial charge in [0.2, 0.25) is 0 Å². The molecule has 1 N–H and O–H groups in total. The molecular formula is C14H18ClNO3. The van der Waals surface area contributed by atoms with Crippen molar-refractivity contribution in [3.05, 3.63) is 29.3 Å². The first-order valence-electron chi connectivity index (χ1n) is 6.46. The lowest BCUT2D eigenvalue weighted by Gasteiger charge is -2.20. The van der Waals surface area contributed by atoms with E-state index in [1.807, 2.05) is 17.0 Å². The monoisotopic (exact) mass is 283 g/mol. The third-order valence-electron chi connectivity index (χ3n) is 3.06. The zero-order valence-electron chi connectivity index (χ0n) is 10.7. The van der Waals surface area contributed by atoms with Crippen LogP contribution in [0.5, 0.6) is 5.75 Å². The molecular weight excluding hydrogens is 266 g/mol. The number of benzene rings is 1. The lowest BCUT2D eigenvalue weighted by molar-refractivity contribution is -0.138. The summed E-state index contributed by atoms with van der Waals surface area (Å²) in [6.45, 7) is 2.06. The lowest BCUT2D eigenvalue weighted by atomic mass is 10.3. The van der Waals surface area contributed by atoms with Crippen LogP contribution in [-0.4, -0.2) is 42.2 Å². The van der Waals surface area contributed by atoms with Gasteiger partial charge in [0.1, 0.15) is 12.4 Å². The normalized spacial score (nSPS) is 14.6. The highest BCUT2D eigenvalue weighted by molar-refractivity contribution is 6.30. The van der Waals surface area contributed by atoms with Crippen LogP contribution in [0.1, 0.15) is 12.8 Å². The second-order valence-corrected chi connectivity index (χ2v) is 5.31. The van der Waals surface area contributed by atoms with E-state index in [-0.39, 0.29) is 6.54 Å². The van der Waals surface area contributed by atoms with Gasteiger partial charge in [-0.1, -0.05) is 11.6 Å². The molecule has 0 amide bonds. The molecule has 1 fully saturated rings. The van der Waals surface area contributed by atoms with Crippen LogP contribution in [0.25, 0.3) is 0 Å². The fraction of sp³-hybridized carbons (Fsp3) is 0.500. The number of aliphatic carboxylic acids is 1. The third kappa shape index (κ3) is 5.49. The number of ether oxygens (including phenoxy) is 1. The maximum Gasteiger partial charge on any atom is 0.317 e. The molecule has 104 valence electrons. The number of halogens is 1. The molecule has 0 saturated heterocycles. The highest BCUT2D eigenvalue weighted by Gasteiger charge is 2.25. The molecule has 2 rings (SSSR count). The predicted octanol–water partition coefficient (Wildman–Crippen LogP) is 2.52. The van der Waals surface area contributed by atoms with E-state index in [1.54, 1.807) is 12.1 Å². The van der Waals surface area contributed by atoms with Crippen molar-refractivity contribution in [2.24, 2.45) is 5.92 Å². The largest absolute Gasteiger partial charge is 0.492 e. The van der Waals surface area contributed by atoms with E-state index in [1.165, 1.54) is 12.8 Å². The topological polar surface area (TPSA) is 49.8 Å². The van der Waals surface area contributed by atoms with Crippen LogP contribution in [0.15, 0.2) is 24.3 Å². The Bertz CT molecular complexity index is 417. The van der Waals surface area contributed by atoms with E-state index in [0.29, 0.717) is 24.1 Å². The minimum absolute atomic E-state index is 0.0838. The summed E-state index contributed by atoms with van der Waals surface area (Å²) in [6.07, 6.45) is 2.43. The summed E-state index contributed by atoms with van der Waals surface area (Å²) in [5.74, 6) is 0.646. The highest BCUT2D eigenvalue weighted by atomic mass is 35.5. The predicted molar refractivity (Wildman–Crippen MR) is 73.7 cm³/mol. The van der Waals surface area contributed by atoms with Gasteiger partial charge in [0.25, 0.3) is 0 Å². The smallest absolute Gasteiger partial charge is 0.317 e. The van der Waals surface area contributed by atoms with Crippen molar-refractivity contribution in [2.45, 2.75) is 12.8 Å². The van der Waals surface area contributed by atoms with Gasteiger partial charge in [-0.25, -0.2) is 0 Å². The Hall–Kier alpha value is -1.26. The molecule has 0 spiro atoms. The summed E-state index contributed by atoms with van der Waals surface area (Å²) in [6, 6.07) is 7.17. The van der Waals surface area contributed by atoms with E-state index in [9.17, 15) is 4.79 Å². The average Bonchev–Trinajstić information content (AvgIpc) is 3.15. The average molecular weight is 284 g/mol. The Morgan fingerprint density at radius 3 is 2.63 bits per heavy atom. The number of carboxylic acid groups (broad SMARTS) is 1. The minimum atomic E-state index is -0.785. The molecule has 1 aliphatic carbocycles. The molecule has 0 radical (unpaired) electrons. The van der Waals surface area contributed by atoms with Gasteiger partial charge < -0.3 is 9.84 Å². The number of carbonyl (C=O) groups is 1. The van der Waals surface area contributed by atoms with E-state index < -0.39 is 5.97 Å². The maximum atomic E-state index is 10.8. The summed E-state index contributed by atoms with van der Waals surface area (Å²) in [7, 11) is 0. The SMILES string of the molecule is O=C(O)CN(CCOc1ccc(Cl)cc1)CC1CC1. The molecule has 0 heterocycles. The Morgan fingerprint density at radius 2 is 2.05 bits per heavy atom. The van der Waals surface area contributed by atoms with Gasteiger partial charge in [-0.2, -0.15) is 0 Å². The van der Waals surface area contributed by atoms with E-state index in [2.05, 4.69) is 0 Å². The first kappa shape index (κ1) is 14.2. The quantitative estimate of drug-likeness (QED) is 0.796. The highest BCUT2D eigenvalue weighted by Crippen LogP contribution is 2.29. The fourth-order valence-electron chi connectivity index (χ4n) is 1.92. The molecule has 0 unspecified atom stereocenters. The third-order valence-corrected chi connectivity index (χ3v) is 3.31. The molecule has 1 aromatic carbocycles. The molecule has 1 aromatic rings. The molecule has 4 nitrogen and oxygen atoms in total. The van der Waals surface area contributed by atoms with Gasteiger partial charge in [0.05, 0.1) is 6.54 Å². The van der Waals surface area contributed by atoms with Gasteiger partial charge in [-0.3, -0.25) is 9.69 Å². The Morgan fingerprint density at radius 1 is 1.37 bits per heavy atom. The molecule has 1 aliphatic rings. The Balaban J connectivity index is 1.74. The molecule has 0 atom stereocenters. The molecule has 19 heavy (non-hydrogen) atoms. The van der Waals surface area contributed by atoms with E-state index in [4.69, 9.17) is 21.4 Å². The van der Waals surface area contributed by atoms with Gasteiger partial charge >= 0.3 is 5.97 Å². The first-order chi connectivity index (χ1) is 9.13. The number of nitrogens with zero attached hydrogens (tertiary/aromatic N) is 1. The minimum Gasteiger partial charge on any atom is -0.492 e. The molecule has 0 aromatic heterocycles.